The van der Waals surface area contributed by atoms with Gasteiger partial charge in [0.2, 0.25) is 0 Å². The third-order valence-corrected chi connectivity index (χ3v) is 10.3. The molecule has 5 rings (SSSR count). The molecule has 3 heterocycles. The van der Waals surface area contributed by atoms with E-state index < -0.39 is 0 Å². The Bertz CT molecular complexity index is 1620. The smallest absolute Gasteiger partial charge is 0.411 e. The van der Waals surface area contributed by atoms with Crippen LogP contribution in [0.15, 0.2) is 64.8 Å². The van der Waals surface area contributed by atoms with Crippen LogP contribution in [0.5, 0.6) is 5.75 Å². The number of piperazine rings is 1. The van der Waals surface area contributed by atoms with Crippen LogP contribution in [-0.2, 0) is 11.5 Å². The Balaban J connectivity index is 1.08. The highest BCUT2D eigenvalue weighted by Crippen LogP contribution is 2.31. The van der Waals surface area contributed by atoms with Gasteiger partial charge in [-0.25, -0.2) is 4.79 Å². The zero-order valence-electron chi connectivity index (χ0n) is 29.0. The lowest BCUT2D eigenvalue weighted by Crippen LogP contribution is -2.46. The first-order chi connectivity index (χ1) is 23.6. The van der Waals surface area contributed by atoms with Crippen LogP contribution in [0.4, 0.5) is 10.5 Å². The molecule has 0 atom stereocenters. The number of unbranched alkanes of at least 4 members (excludes halogenated alkanes) is 7. The molecule has 0 bridgehead atoms. The molecule has 4 aromatic rings. The number of rotatable bonds is 19. The topological polar surface area (TPSA) is 67.2 Å². The largest absolute Gasteiger partial charge is 0.494 e. The number of hydrogen-bond donors (Lipinski definition) is 0. The Morgan fingerprint density at radius 3 is 2.33 bits per heavy atom. The number of aromatic nitrogens is 1. The monoisotopic (exact) mass is 674 g/mol. The summed E-state index contributed by atoms with van der Waals surface area (Å²) >= 11 is 1.81. The fourth-order valence-electron chi connectivity index (χ4n) is 6.55. The lowest BCUT2D eigenvalue weighted by molar-refractivity contribution is 0.0748. The zero-order valence-corrected chi connectivity index (χ0v) is 29.9. The van der Waals surface area contributed by atoms with Crippen molar-refractivity contribution >= 4 is 44.1 Å². The van der Waals surface area contributed by atoms with Gasteiger partial charge in [0, 0.05) is 67.2 Å². The molecule has 9 heteroatoms. The highest BCUT2D eigenvalue weighted by Gasteiger charge is 2.19. The highest BCUT2D eigenvalue weighted by molar-refractivity contribution is 7.17. The summed E-state index contributed by atoms with van der Waals surface area (Å²) < 4.78 is 14.8. The summed E-state index contributed by atoms with van der Waals surface area (Å²) in [6.07, 6.45) is 10.5. The number of ether oxygens (including phenoxy) is 2. The van der Waals surface area contributed by atoms with Crippen molar-refractivity contribution in [2.75, 3.05) is 57.3 Å². The number of benzene rings is 2. The first kappa shape index (κ1) is 35.7. The van der Waals surface area contributed by atoms with Gasteiger partial charge in [-0.05, 0) is 79.4 Å². The van der Waals surface area contributed by atoms with Crippen molar-refractivity contribution in [3.63, 3.8) is 0 Å². The van der Waals surface area contributed by atoms with E-state index in [1.807, 2.05) is 40.5 Å². The molecule has 1 amide bonds. The second-order valence-electron chi connectivity index (χ2n) is 13.0. The Kier molecular flexibility index (Phi) is 14.0. The van der Waals surface area contributed by atoms with E-state index in [9.17, 15) is 9.59 Å². The molecular formula is C39H54N4O4S. The molecule has 1 fully saturated rings. The predicted octanol–water partition coefficient (Wildman–Crippen LogP) is 8.75. The standard InChI is InChI=1S/C39H54N4O4S/c1-3-5-7-9-22-42(23-10-8-6-4-2)39(45)47-31-43-36-30-33(18-16-32(36)17-19-38(43)44)46-28-12-11-21-40-24-26-41(27-25-40)35-14-13-15-37-34(35)20-29-48-37/h13-20,29-30H,3-12,21-28,31H2,1-2H3. The van der Waals surface area contributed by atoms with Crippen molar-refractivity contribution in [2.24, 2.45) is 0 Å². The van der Waals surface area contributed by atoms with Gasteiger partial charge in [-0.3, -0.25) is 14.3 Å². The van der Waals surface area contributed by atoms with Crippen molar-refractivity contribution in [3.05, 3.63) is 70.3 Å². The Hall–Kier alpha value is -3.56. The summed E-state index contributed by atoms with van der Waals surface area (Å²) in [6, 6.07) is 18.0. The fraction of sp³-hybridized carbons (Fsp3) is 0.538. The van der Waals surface area contributed by atoms with E-state index in [1.54, 1.807) is 0 Å². The third-order valence-electron chi connectivity index (χ3n) is 9.43. The number of carbonyl (C=O) groups excluding carboxylic acids is 1. The van der Waals surface area contributed by atoms with Gasteiger partial charge in [0.05, 0.1) is 12.1 Å². The van der Waals surface area contributed by atoms with Gasteiger partial charge in [-0.2, -0.15) is 0 Å². The number of pyridine rings is 1. The molecule has 0 unspecified atom stereocenters. The molecule has 0 saturated carbocycles. The van der Waals surface area contributed by atoms with Crippen molar-refractivity contribution in [1.82, 2.24) is 14.4 Å². The first-order valence-corrected chi connectivity index (χ1v) is 19.1. The van der Waals surface area contributed by atoms with Crippen LogP contribution in [0.1, 0.15) is 78.1 Å². The molecule has 0 spiro atoms. The van der Waals surface area contributed by atoms with Crippen LogP contribution < -0.4 is 15.2 Å². The molecule has 1 aliphatic heterocycles. The van der Waals surface area contributed by atoms with E-state index in [0.717, 1.165) is 95.2 Å². The van der Waals surface area contributed by atoms with Crippen molar-refractivity contribution in [1.29, 1.82) is 0 Å². The van der Waals surface area contributed by atoms with Crippen molar-refractivity contribution in [2.45, 2.75) is 84.8 Å². The first-order valence-electron chi connectivity index (χ1n) is 18.2. The third kappa shape index (κ3) is 9.98. The van der Waals surface area contributed by atoms with Gasteiger partial charge >= 0.3 is 6.09 Å². The van der Waals surface area contributed by atoms with Crippen molar-refractivity contribution < 1.29 is 14.3 Å². The summed E-state index contributed by atoms with van der Waals surface area (Å²) in [5.41, 5.74) is 1.87. The molecule has 0 N–H and O–H groups in total. The van der Waals surface area contributed by atoms with Gasteiger partial charge < -0.3 is 19.3 Å². The van der Waals surface area contributed by atoms with Gasteiger partial charge in [0.15, 0.2) is 6.73 Å². The highest BCUT2D eigenvalue weighted by atomic mass is 32.1. The fourth-order valence-corrected chi connectivity index (χ4v) is 7.36. The van der Waals surface area contributed by atoms with Crippen LogP contribution in [0.2, 0.25) is 0 Å². The maximum absolute atomic E-state index is 13.2. The Morgan fingerprint density at radius 2 is 1.58 bits per heavy atom. The van der Waals surface area contributed by atoms with E-state index in [-0.39, 0.29) is 18.4 Å². The molecule has 8 nitrogen and oxygen atoms in total. The maximum Gasteiger partial charge on any atom is 0.411 e. The SMILES string of the molecule is CCCCCCN(CCCCCC)C(=O)OCn1c(=O)ccc2ccc(OCCCCN3CCN(c4cccc5sccc45)CC3)cc21. The molecule has 48 heavy (non-hydrogen) atoms. The maximum atomic E-state index is 13.2. The molecule has 0 aliphatic carbocycles. The summed E-state index contributed by atoms with van der Waals surface area (Å²) in [4.78, 5) is 33.0. The van der Waals surface area contributed by atoms with Gasteiger partial charge in [0.1, 0.15) is 5.75 Å². The van der Waals surface area contributed by atoms with E-state index in [4.69, 9.17) is 9.47 Å². The second-order valence-corrected chi connectivity index (χ2v) is 13.9. The summed E-state index contributed by atoms with van der Waals surface area (Å²) in [5.74, 6) is 0.720. The van der Waals surface area contributed by atoms with Crippen molar-refractivity contribution in [3.8, 4) is 5.75 Å². The molecule has 2 aromatic heterocycles. The van der Waals surface area contributed by atoms with Gasteiger partial charge in [-0.1, -0.05) is 58.4 Å². The second kappa shape index (κ2) is 18.8. The molecule has 260 valence electrons. The number of fused-ring (bicyclic) bond motifs is 2. The quantitative estimate of drug-likeness (QED) is 0.0927. The number of carbonyl (C=O) groups is 1. The van der Waals surface area contributed by atoms with Crippen LogP contribution in [0, 0.1) is 0 Å². The zero-order chi connectivity index (χ0) is 33.6. The van der Waals surface area contributed by atoms with E-state index >= 15 is 0 Å². The van der Waals surface area contributed by atoms with Gasteiger partial charge in [0.25, 0.3) is 5.56 Å². The average molecular weight is 675 g/mol. The number of nitrogens with zero attached hydrogens (tertiary/aromatic N) is 4. The Morgan fingerprint density at radius 1 is 0.833 bits per heavy atom. The molecule has 1 saturated heterocycles. The normalized spacial score (nSPS) is 13.8. The van der Waals surface area contributed by atoms with Crippen LogP contribution in [0.25, 0.3) is 21.0 Å². The lowest BCUT2D eigenvalue weighted by Gasteiger charge is -2.36. The minimum Gasteiger partial charge on any atom is -0.494 e. The Labute approximate surface area is 290 Å². The van der Waals surface area contributed by atoms with E-state index in [0.29, 0.717) is 25.2 Å². The average Bonchev–Trinajstić information content (AvgIpc) is 3.60. The number of thiophene rings is 1. The summed E-state index contributed by atoms with van der Waals surface area (Å²) in [7, 11) is 0. The minimum atomic E-state index is -0.347. The summed E-state index contributed by atoms with van der Waals surface area (Å²) in [6.45, 7) is 11.6. The summed E-state index contributed by atoms with van der Waals surface area (Å²) in [5, 5.41) is 4.46. The molecule has 2 aromatic carbocycles. The predicted molar refractivity (Wildman–Crippen MR) is 200 cm³/mol. The van der Waals surface area contributed by atoms with Crippen LogP contribution >= 0.6 is 11.3 Å². The van der Waals surface area contributed by atoms with E-state index in [1.165, 1.54) is 39.2 Å². The van der Waals surface area contributed by atoms with Gasteiger partial charge in [-0.15, -0.1) is 11.3 Å². The lowest BCUT2D eigenvalue weighted by atomic mass is 10.2. The minimum absolute atomic E-state index is 0.117. The number of hydrogen-bond acceptors (Lipinski definition) is 7. The number of anilines is 1. The van der Waals surface area contributed by atoms with Crippen LogP contribution in [0.3, 0.4) is 0 Å². The van der Waals surface area contributed by atoms with E-state index in [2.05, 4.69) is 53.3 Å². The molecule has 1 aliphatic rings. The number of amides is 1. The molecule has 0 radical (unpaired) electrons. The van der Waals surface area contributed by atoms with Crippen LogP contribution in [-0.4, -0.2) is 72.9 Å². The molecular weight excluding hydrogens is 621 g/mol.